The van der Waals surface area contributed by atoms with Crippen LogP contribution in [0.2, 0.25) is 0 Å². The number of carbonyl (C=O) groups is 1. The van der Waals surface area contributed by atoms with Crippen LogP contribution in [0.3, 0.4) is 0 Å². The molecule has 1 amide bonds. The summed E-state index contributed by atoms with van der Waals surface area (Å²) < 4.78 is 5.32. The van der Waals surface area contributed by atoms with E-state index < -0.39 is 0 Å². The highest BCUT2D eigenvalue weighted by atomic mass is 16.5. The van der Waals surface area contributed by atoms with Crippen LogP contribution in [0.5, 0.6) is 0 Å². The Morgan fingerprint density at radius 1 is 1.19 bits per heavy atom. The van der Waals surface area contributed by atoms with Gasteiger partial charge in [0.05, 0.1) is 6.61 Å². The molecule has 1 heterocycles. The Morgan fingerprint density at radius 3 is 2.52 bits per heavy atom. The smallest absolute Gasteiger partial charge is 0.220 e. The molecule has 0 radical (unpaired) electrons. The minimum atomic E-state index is 0.0726. The maximum absolute atomic E-state index is 11.8. The molecule has 0 atom stereocenters. The summed E-state index contributed by atoms with van der Waals surface area (Å²) in [6.07, 6.45) is 4.60. The first-order chi connectivity index (χ1) is 10.3. The Labute approximate surface area is 126 Å². The monoisotopic (exact) mass is 291 g/mol. The van der Waals surface area contributed by atoms with E-state index in [0.29, 0.717) is 18.9 Å². The van der Waals surface area contributed by atoms with Crippen molar-refractivity contribution in [1.29, 1.82) is 0 Å². The summed E-state index contributed by atoms with van der Waals surface area (Å²) in [6, 6.07) is 7.84. The summed E-state index contributed by atoms with van der Waals surface area (Å²) in [7, 11) is 0. The number of carbonyl (C=O) groups excluding carboxylic acids is 1. The SMILES string of the molecule is O=C(CCC1CCOCC1)NCCc1ccc(CO)cc1. The molecule has 1 aromatic carbocycles. The number of hydrogen-bond donors (Lipinski definition) is 2. The van der Waals surface area contributed by atoms with Gasteiger partial charge in [0.15, 0.2) is 0 Å². The van der Waals surface area contributed by atoms with Crippen molar-refractivity contribution in [3.63, 3.8) is 0 Å². The minimum absolute atomic E-state index is 0.0726. The summed E-state index contributed by atoms with van der Waals surface area (Å²) in [4.78, 5) is 11.8. The molecule has 116 valence electrons. The molecule has 1 aromatic rings. The van der Waals surface area contributed by atoms with E-state index in [1.807, 2.05) is 24.3 Å². The maximum atomic E-state index is 11.8. The molecular formula is C17H25NO3. The minimum Gasteiger partial charge on any atom is -0.392 e. The number of ether oxygens (including phenoxy) is 1. The Balaban J connectivity index is 1.59. The number of hydrogen-bond acceptors (Lipinski definition) is 3. The number of aliphatic hydroxyl groups excluding tert-OH is 1. The fourth-order valence-corrected chi connectivity index (χ4v) is 2.62. The molecule has 0 spiro atoms. The second-order valence-corrected chi connectivity index (χ2v) is 5.67. The molecule has 2 rings (SSSR count). The summed E-state index contributed by atoms with van der Waals surface area (Å²) in [5.41, 5.74) is 2.09. The number of nitrogens with one attached hydrogen (secondary N) is 1. The van der Waals surface area contributed by atoms with Gasteiger partial charge >= 0.3 is 0 Å². The Kier molecular flexibility index (Phi) is 6.70. The maximum Gasteiger partial charge on any atom is 0.220 e. The lowest BCUT2D eigenvalue weighted by atomic mass is 9.95. The van der Waals surface area contributed by atoms with Gasteiger partial charge in [-0.15, -0.1) is 0 Å². The average Bonchev–Trinajstić information content (AvgIpc) is 2.54. The first kappa shape index (κ1) is 16.0. The quantitative estimate of drug-likeness (QED) is 0.808. The van der Waals surface area contributed by atoms with Crippen LogP contribution < -0.4 is 5.32 Å². The van der Waals surface area contributed by atoms with Gasteiger partial charge in [-0.1, -0.05) is 24.3 Å². The third-order valence-electron chi connectivity index (χ3n) is 4.06. The van der Waals surface area contributed by atoms with Crippen molar-refractivity contribution >= 4 is 5.91 Å². The van der Waals surface area contributed by atoms with E-state index in [2.05, 4.69) is 5.32 Å². The summed E-state index contributed by atoms with van der Waals surface area (Å²) in [5.74, 6) is 0.795. The van der Waals surface area contributed by atoms with Crippen molar-refractivity contribution in [2.24, 2.45) is 5.92 Å². The highest BCUT2D eigenvalue weighted by molar-refractivity contribution is 5.75. The Hall–Kier alpha value is -1.39. The molecule has 1 aliphatic heterocycles. The molecular weight excluding hydrogens is 266 g/mol. The van der Waals surface area contributed by atoms with Gasteiger partial charge in [-0.05, 0) is 42.7 Å². The second-order valence-electron chi connectivity index (χ2n) is 5.67. The van der Waals surface area contributed by atoms with E-state index in [-0.39, 0.29) is 12.5 Å². The van der Waals surface area contributed by atoms with Gasteiger partial charge in [-0.3, -0.25) is 4.79 Å². The number of benzene rings is 1. The van der Waals surface area contributed by atoms with Crippen LogP contribution >= 0.6 is 0 Å². The first-order valence-corrected chi connectivity index (χ1v) is 7.81. The molecule has 0 aromatic heterocycles. The van der Waals surface area contributed by atoms with Gasteiger partial charge < -0.3 is 15.2 Å². The lowest BCUT2D eigenvalue weighted by molar-refractivity contribution is -0.121. The molecule has 21 heavy (non-hydrogen) atoms. The molecule has 0 aliphatic carbocycles. The van der Waals surface area contributed by atoms with E-state index in [1.54, 1.807) is 0 Å². The van der Waals surface area contributed by atoms with Crippen LogP contribution in [0, 0.1) is 5.92 Å². The highest BCUT2D eigenvalue weighted by Crippen LogP contribution is 2.19. The second kappa shape index (κ2) is 8.80. The van der Waals surface area contributed by atoms with E-state index in [4.69, 9.17) is 9.84 Å². The third kappa shape index (κ3) is 5.86. The normalized spacial score (nSPS) is 15.9. The molecule has 4 heteroatoms. The molecule has 1 fully saturated rings. The summed E-state index contributed by atoms with van der Waals surface area (Å²) >= 11 is 0. The third-order valence-corrected chi connectivity index (χ3v) is 4.06. The zero-order chi connectivity index (χ0) is 14.9. The molecule has 4 nitrogen and oxygen atoms in total. The zero-order valence-corrected chi connectivity index (χ0v) is 12.5. The lowest BCUT2D eigenvalue weighted by Gasteiger charge is -2.21. The molecule has 2 N–H and O–H groups in total. The van der Waals surface area contributed by atoms with Crippen LogP contribution in [0.15, 0.2) is 24.3 Å². The zero-order valence-electron chi connectivity index (χ0n) is 12.5. The van der Waals surface area contributed by atoms with Gasteiger partial charge in [0.1, 0.15) is 0 Å². The summed E-state index contributed by atoms with van der Waals surface area (Å²) in [5, 5.41) is 12.0. The van der Waals surface area contributed by atoms with Gasteiger partial charge in [0, 0.05) is 26.2 Å². The topological polar surface area (TPSA) is 58.6 Å². The van der Waals surface area contributed by atoms with Crippen molar-refractivity contribution in [1.82, 2.24) is 5.32 Å². The van der Waals surface area contributed by atoms with Crippen molar-refractivity contribution in [3.05, 3.63) is 35.4 Å². The predicted octanol–water partition coefficient (Wildman–Crippen LogP) is 2.04. The van der Waals surface area contributed by atoms with Gasteiger partial charge in [0.2, 0.25) is 5.91 Å². The number of aliphatic hydroxyl groups is 1. The van der Waals surface area contributed by atoms with Crippen LogP contribution in [0.4, 0.5) is 0 Å². The first-order valence-electron chi connectivity index (χ1n) is 7.81. The lowest BCUT2D eigenvalue weighted by Crippen LogP contribution is -2.26. The molecule has 0 unspecified atom stereocenters. The van der Waals surface area contributed by atoms with E-state index in [1.165, 1.54) is 5.56 Å². The van der Waals surface area contributed by atoms with E-state index in [0.717, 1.165) is 44.5 Å². The van der Waals surface area contributed by atoms with Crippen molar-refractivity contribution < 1.29 is 14.6 Å². The van der Waals surface area contributed by atoms with Crippen molar-refractivity contribution in [2.75, 3.05) is 19.8 Å². The Morgan fingerprint density at radius 2 is 1.86 bits per heavy atom. The van der Waals surface area contributed by atoms with Crippen LogP contribution in [-0.4, -0.2) is 30.8 Å². The fourth-order valence-electron chi connectivity index (χ4n) is 2.62. The molecule has 0 saturated carbocycles. The molecule has 1 saturated heterocycles. The predicted molar refractivity (Wildman–Crippen MR) is 81.9 cm³/mol. The molecule has 0 bridgehead atoms. The van der Waals surface area contributed by atoms with Crippen LogP contribution in [0.25, 0.3) is 0 Å². The van der Waals surface area contributed by atoms with Gasteiger partial charge in [-0.2, -0.15) is 0 Å². The van der Waals surface area contributed by atoms with Gasteiger partial charge in [-0.25, -0.2) is 0 Å². The Bertz CT molecular complexity index is 424. The van der Waals surface area contributed by atoms with E-state index in [9.17, 15) is 4.79 Å². The number of amides is 1. The molecule has 1 aliphatic rings. The van der Waals surface area contributed by atoms with Crippen LogP contribution in [-0.2, 0) is 22.6 Å². The fraction of sp³-hybridized carbons (Fsp3) is 0.588. The largest absolute Gasteiger partial charge is 0.392 e. The summed E-state index contributed by atoms with van der Waals surface area (Å²) in [6.45, 7) is 2.43. The van der Waals surface area contributed by atoms with Crippen molar-refractivity contribution in [2.45, 2.75) is 38.7 Å². The van der Waals surface area contributed by atoms with Crippen LogP contribution in [0.1, 0.15) is 36.8 Å². The van der Waals surface area contributed by atoms with E-state index >= 15 is 0 Å². The number of rotatable bonds is 7. The van der Waals surface area contributed by atoms with Gasteiger partial charge in [0.25, 0.3) is 0 Å². The van der Waals surface area contributed by atoms with Crippen molar-refractivity contribution in [3.8, 4) is 0 Å². The average molecular weight is 291 g/mol. The highest BCUT2D eigenvalue weighted by Gasteiger charge is 2.14. The standard InChI is InChI=1S/C17H25NO3/c19-13-16-3-1-14(2-4-16)7-10-18-17(20)6-5-15-8-11-21-12-9-15/h1-4,15,19H,5-13H2,(H,18,20).